The van der Waals surface area contributed by atoms with Crippen LogP contribution in [0.5, 0.6) is 0 Å². The monoisotopic (exact) mass is 459 g/mol. The summed E-state index contributed by atoms with van der Waals surface area (Å²) in [5.74, 6) is -5.05. The molecule has 1 aliphatic heterocycles. The first-order chi connectivity index (χ1) is 12.0. The van der Waals surface area contributed by atoms with E-state index in [9.17, 15) is 31.5 Å². The van der Waals surface area contributed by atoms with Gasteiger partial charge in [-0.2, -0.15) is 18.3 Å². The van der Waals surface area contributed by atoms with Crippen LogP contribution in [-0.4, -0.2) is 33.6 Å². The molecule has 1 aromatic rings. The molecule has 1 atom stereocenters. The van der Waals surface area contributed by atoms with E-state index in [1.54, 1.807) is 0 Å². The smallest absolute Gasteiger partial charge is 0.419 e. The number of aliphatic carboxylic acids is 1. The van der Waals surface area contributed by atoms with Gasteiger partial charge >= 0.3 is 12.1 Å². The molecule has 2 N–H and O–H groups in total. The number of nitrogens with one attached hydrogen (secondary N) is 1. The Labute approximate surface area is 154 Å². The normalized spacial score (nSPS) is 19.4. The first-order valence-corrected chi connectivity index (χ1v) is 8.23. The van der Waals surface area contributed by atoms with Gasteiger partial charge in [-0.05, 0) is 22.0 Å². The second kappa shape index (κ2) is 7.70. The second-order valence-corrected chi connectivity index (χ2v) is 6.83. The van der Waals surface area contributed by atoms with Gasteiger partial charge in [-0.3, -0.25) is 9.59 Å². The standard InChI is InChI=1S/C13H7BrF5N3O3S/c14-6-1-5(13(17,18)19)9(15)4(10(6)16)3-20-22-12-21-11(25)7(26-12)2-8(23)24/h1,3,7H,2H2,(H,23,24)(H,21,22,25). The van der Waals surface area contributed by atoms with Gasteiger partial charge in [-0.1, -0.05) is 11.8 Å². The predicted molar refractivity (Wildman–Crippen MR) is 85.9 cm³/mol. The highest BCUT2D eigenvalue weighted by molar-refractivity contribution is 9.10. The third-order valence-electron chi connectivity index (χ3n) is 2.97. The lowest BCUT2D eigenvalue weighted by Crippen LogP contribution is -2.26. The van der Waals surface area contributed by atoms with E-state index in [1.807, 2.05) is 0 Å². The maximum absolute atomic E-state index is 13.9. The van der Waals surface area contributed by atoms with E-state index in [2.05, 4.69) is 31.4 Å². The van der Waals surface area contributed by atoms with Crippen molar-refractivity contribution in [2.75, 3.05) is 0 Å². The molecule has 26 heavy (non-hydrogen) atoms. The molecule has 2 rings (SSSR count). The first-order valence-electron chi connectivity index (χ1n) is 6.55. The molecule has 0 bridgehead atoms. The van der Waals surface area contributed by atoms with Crippen molar-refractivity contribution in [3.8, 4) is 0 Å². The Morgan fingerprint density at radius 3 is 2.62 bits per heavy atom. The van der Waals surface area contributed by atoms with Gasteiger partial charge in [-0.15, -0.1) is 5.10 Å². The minimum Gasteiger partial charge on any atom is -0.481 e. The summed E-state index contributed by atoms with van der Waals surface area (Å²) in [5, 5.41) is 16.4. The number of amidine groups is 1. The third-order valence-corrected chi connectivity index (χ3v) is 4.62. The Kier molecular flexibility index (Phi) is 6.01. The van der Waals surface area contributed by atoms with Crippen molar-refractivity contribution in [1.82, 2.24) is 5.32 Å². The number of carbonyl (C=O) groups excluding carboxylic acids is 1. The quantitative estimate of drug-likeness (QED) is 0.313. The number of alkyl halides is 3. The molecular weight excluding hydrogens is 453 g/mol. The molecule has 1 aromatic carbocycles. The van der Waals surface area contributed by atoms with Crippen molar-refractivity contribution in [2.24, 2.45) is 10.2 Å². The summed E-state index contributed by atoms with van der Waals surface area (Å²) in [4.78, 5) is 22.1. The van der Waals surface area contributed by atoms with Crippen molar-refractivity contribution in [3.63, 3.8) is 0 Å². The van der Waals surface area contributed by atoms with Gasteiger partial charge in [0.1, 0.15) is 16.9 Å². The lowest BCUT2D eigenvalue weighted by molar-refractivity contribution is -0.140. The van der Waals surface area contributed by atoms with Crippen LogP contribution in [0.3, 0.4) is 0 Å². The minimum atomic E-state index is -5.05. The molecule has 0 aromatic heterocycles. The van der Waals surface area contributed by atoms with Crippen LogP contribution in [-0.2, 0) is 15.8 Å². The topological polar surface area (TPSA) is 91.1 Å². The van der Waals surface area contributed by atoms with Crippen molar-refractivity contribution >= 4 is 51.0 Å². The lowest BCUT2D eigenvalue weighted by atomic mass is 10.1. The number of hydrogen-bond acceptors (Lipinski definition) is 5. The number of rotatable bonds is 4. The molecule has 1 aliphatic rings. The van der Waals surface area contributed by atoms with E-state index < -0.39 is 57.0 Å². The van der Waals surface area contributed by atoms with Gasteiger partial charge < -0.3 is 10.4 Å². The number of hydrogen-bond donors (Lipinski definition) is 2. The van der Waals surface area contributed by atoms with Gasteiger partial charge in [0, 0.05) is 0 Å². The summed E-state index contributed by atoms with van der Waals surface area (Å²) in [5.41, 5.74) is -2.77. The Morgan fingerprint density at radius 1 is 1.38 bits per heavy atom. The van der Waals surface area contributed by atoms with Crippen LogP contribution in [0.1, 0.15) is 17.5 Å². The Balaban J connectivity index is 2.28. The summed E-state index contributed by atoms with van der Waals surface area (Å²) in [6.45, 7) is 0. The number of carboxylic acids is 1. The molecule has 140 valence electrons. The maximum Gasteiger partial charge on any atom is 0.419 e. The zero-order valence-corrected chi connectivity index (χ0v) is 14.7. The molecule has 1 saturated heterocycles. The van der Waals surface area contributed by atoms with Gasteiger partial charge in [-0.25, -0.2) is 8.78 Å². The molecule has 0 spiro atoms. The first kappa shape index (κ1) is 20.3. The molecule has 1 amide bonds. The summed E-state index contributed by atoms with van der Waals surface area (Å²) in [7, 11) is 0. The van der Waals surface area contributed by atoms with Crippen LogP contribution in [0.4, 0.5) is 22.0 Å². The summed E-state index contributed by atoms with van der Waals surface area (Å²) in [6, 6.07) is 0.261. The summed E-state index contributed by atoms with van der Waals surface area (Å²) < 4.78 is 65.4. The predicted octanol–water partition coefficient (Wildman–Crippen LogP) is 3.14. The molecular formula is C13H7BrF5N3O3S. The molecule has 1 heterocycles. The fourth-order valence-corrected chi connectivity index (χ4v) is 3.19. The highest BCUT2D eigenvalue weighted by Gasteiger charge is 2.37. The fraction of sp³-hybridized carbons (Fsp3) is 0.231. The van der Waals surface area contributed by atoms with Gasteiger partial charge in [0.05, 0.1) is 28.2 Å². The Bertz CT molecular complexity index is 828. The molecule has 0 radical (unpaired) electrons. The number of amides is 1. The minimum absolute atomic E-state index is 0.149. The van der Waals surface area contributed by atoms with E-state index >= 15 is 0 Å². The van der Waals surface area contributed by atoms with Crippen molar-refractivity contribution < 1.29 is 36.6 Å². The molecule has 0 saturated carbocycles. The zero-order chi connectivity index (χ0) is 19.6. The number of halogens is 6. The lowest BCUT2D eigenvalue weighted by Gasteiger charge is -2.11. The molecule has 1 fully saturated rings. The van der Waals surface area contributed by atoms with E-state index in [-0.39, 0.29) is 11.2 Å². The van der Waals surface area contributed by atoms with E-state index in [1.165, 1.54) is 0 Å². The van der Waals surface area contributed by atoms with E-state index in [0.29, 0.717) is 6.21 Å². The average molecular weight is 460 g/mol. The highest BCUT2D eigenvalue weighted by Crippen LogP contribution is 2.35. The fourth-order valence-electron chi connectivity index (χ4n) is 1.83. The second-order valence-electron chi connectivity index (χ2n) is 4.79. The van der Waals surface area contributed by atoms with Gasteiger partial charge in [0.15, 0.2) is 5.17 Å². The molecule has 1 unspecified atom stereocenters. The number of carbonyl (C=O) groups is 2. The van der Waals surface area contributed by atoms with Crippen molar-refractivity contribution in [2.45, 2.75) is 17.8 Å². The Morgan fingerprint density at radius 2 is 2.04 bits per heavy atom. The van der Waals surface area contributed by atoms with Crippen LogP contribution in [0.25, 0.3) is 0 Å². The number of benzene rings is 1. The molecule has 0 aliphatic carbocycles. The van der Waals surface area contributed by atoms with Crippen molar-refractivity contribution in [3.05, 3.63) is 33.3 Å². The van der Waals surface area contributed by atoms with Crippen LogP contribution in [0.15, 0.2) is 20.7 Å². The van der Waals surface area contributed by atoms with Crippen LogP contribution < -0.4 is 5.32 Å². The molecule has 6 nitrogen and oxygen atoms in total. The van der Waals surface area contributed by atoms with Gasteiger partial charge in [0.2, 0.25) is 5.91 Å². The van der Waals surface area contributed by atoms with E-state index in [0.717, 1.165) is 11.8 Å². The Hall–Kier alpha value is -2.02. The van der Waals surface area contributed by atoms with E-state index in [4.69, 9.17) is 5.11 Å². The number of thioether (sulfide) groups is 1. The average Bonchev–Trinajstić information content (AvgIpc) is 2.84. The van der Waals surface area contributed by atoms with Gasteiger partial charge in [0.25, 0.3) is 0 Å². The number of carboxylic acid groups (broad SMARTS) is 1. The van der Waals surface area contributed by atoms with Crippen LogP contribution in [0, 0.1) is 11.6 Å². The van der Waals surface area contributed by atoms with Crippen LogP contribution in [0.2, 0.25) is 0 Å². The SMILES string of the molecule is O=C(O)CC1SC(=NN=Cc2c(F)c(Br)cc(C(F)(F)F)c2F)NC1=O. The zero-order valence-electron chi connectivity index (χ0n) is 12.3. The molecule has 13 heteroatoms. The van der Waals surface area contributed by atoms with Crippen LogP contribution >= 0.6 is 27.7 Å². The maximum atomic E-state index is 13.9. The summed E-state index contributed by atoms with van der Waals surface area (Å²) in [6.07, 6.45) is -5.11. The highest BCUT2D eigenvalue weighted by atomic mass is 79.9. The number of nitrogens with zero attached hydrogens (tertiary/aromatic N) is 2. The largest absolute Gasteiger partial charge is 0.481 e. The van der Waals surface area contributed by atoms with Crippen molar-refractivity contribution in [1.29, 1.82) is 0 Å². The third kappa shape index (κ3) is 4.58. The summed E-state index contributed by atoms with van der Waals surface area (Å²) >= 11 is 3.28.